The highest BCUT2D eigenvalue weighted by Crippen LogP contribution is 2.33. The second-order valence-corrected chi connectivity index (χ2v) is 6.19. The van der Waals surface area contributed by atoms with Crippen molar-refractivity contribution in [3.8, 4) is 17.1 Å². The number of hydrogen-bond acceptors (Lipinski definition) is 5. The molecular weight excluding hydrogens is 356 g/mol. The summed E-state index contributed by atoms with van der Waals surface area (Å²) in [6.07, 6.45) is 0.0791. The predicted molar refractivity (Wildman–Crippen MR) is 92.4 cm³/mol. The van der Waals surface area contributed by atoms with Gasteiger partial charge in [-0.1, -0.05) is 17.3 Å². The number of anilines is 1. The van der Waals surface area contributed by atoms with Gasteiger partial charge >= 0.3 is 0 Å². The average molecular weight is 371 g/mol. The minimum absolute atomic E-state index is 0.0791. The van der Waals surface area contributed by atoms with Crippen LogP contribution < -0.4 is 9.64 Å². The predicted octanol–water partition coefficient (Wildman–Crippen LogP) is 3.54. The lowest BCUT2D eigenvalue weighted by atomic mass is 10.1. The third-order valence-corrected chi connectivity index (χ3v) is 4.44. The van der Waals surface area contributed by atoms with E-state index >= 15 is 0 Å². The molecule has 1 unspecified atom stereocenters. The van der Waals surface area contributed by atoms with E-state index in [9.17, 15) is 13.6 Å². The number of nitrogens with zero attached hydrogens (tertiary/aromatic N) is 3. The highest BCUT2D eigenvalue weighted by molar-refractivity contribution is 5.96. The Labute approximate surface area is 153 Å². The Bertz CT molecular complexity index is 1010. The summed E-state index contributed by atoms with van der Waals surface area (Å²) in [5, 5.41) is 3.96. The molecule has 0 spiro atoms. The molecule has 0 aliphatic carbocycles. The number of hydrogen-bond donors (Lipinski definition) is 0. The van der Waals surface area contributed by atoms with Crippen LogP contribution in [0.2, 0.25) is 0 Å². The van der Waals surface area contributed by atoms with E-state index in [0.717, 1.165) is 18.2 Å². The summed E-state index contributed by atoms with van der Waals surface area (Å²) in [5.74, 6) is -0.693. The maximum absolute atomic E-state index is 14.0. The zero-order valence-corrected chi connectivity index (χ0v) is 14.4. The van der Waals surface area contributed by atoms with Gasteiger partial charge < -0.3 is 14.2 Å². The van der Waals surface area contributed by atoms with Crippen LogP contribution in [-0.2, 0) is 4.79 Å². The summed E-state index contributed by atoms with van der Waals surface area (Å²) in [7, 11) is 1.56. The molecule has 1 amide bonds. The van der Waals surface area contributed by atoms with Crippen LogP contribution in [0.3, 0.4) is 0 Å². The minimum atomic E-state index is -0.659. The first-order valence-electron chi connectivity index (χ1n) is 8.28. The third-order valence-electron chi connectivity index (χ3n) is 4.44. The molecule has 138 valence electrons. The number of carbonyl (C=O) groups excluding carboxylic acids is 1. The van der Waals surface area contributed by atoms with Crippen LogP contribution in [0.4, 0.5) is 14.5 Å². The van der Waals surface area contributed by atoms with Crippen molar-refractivity contribution >= 4 is 11.6 Å². The van der Waals surface area contributed by atoms with Crippen LogP contribution in [0.1, 0.15) is 18.2 Å². The fraction of sp³-hybridized carbons (Fsp3) is 0.211. The Morgan fingerprint density at radius 1 is 1.22 bits per heavy atom. The van der Waals surface area contributed by atoms with Crippen LogP contribution in [0, 0.1) is 11.6 Å². The molecule has 2 heterocycles. The van der Waals surface area contributed by atoms with Crippen LogP contribution in [0.25, 0.3) is 11.4 Å². The zero-order chi connectivity index (χ0) is 19.0. The van der Waals surface area contributed by atoms with Gasteiger partial charge in [0.05, 0.1) is 18.7 Å². The largest absolute Gasteiger partial charge is 0.497 e. The maximum atomic E-state index is 14.0. The van der Waals surface area contributed by atoms with E-state index < -0.39 is 17.6 Å². The van der Waals surface area contributed by atoms with Gasteiger partial charge in [0, 0.05) is 24.6 Å². The molecule has 0 bridgehead atoms. The first-order valence-corrected chi connectivity index (χ1v) is 8.28. The number of methoxy groups -OCH3 is 1. The van der Waals surface area contributed by atoms with Gasteiger partial charge in [-0.15, -0.1) is 0 Å². The third kappa shape index (κ3) is 3.25. The molecule has 1 saturated heterocycles. The molecule has 0 radical (unpaired) electrons. The van der Waals surface area contributed by atoms with Crippen molar-refractivity contribution in [2.24, 2.45) is 0 Å². The van der Waals surface area contributed by atoms with Gasteiger partial charge in [-0.3, -0.25) is 4.79 Å². The van der Waals surface area contributed by atoms with E-state index in [1.807, 2.05) is 6.07 Å². The van der Waals surface area contributed by atoms with Crippen molar-refractivity contribution in [3.63, 3.8) is 0 Å². The Hall–Kier alpha value is -3.29. The number of ether oxygens (including phenoxy) is 1. The summed E-state index contributed by atoms with van der Waals surface area (Å²) >= 11 is 0. The Morgan fingerprint density at radius 3 is 2.89 bits per heavy atom. The van der Waals surface area contributed by atoms with E-state index in [1.165, 1.54) is 4.90 Å². The number of benzene rings is 2. The molecule has 1 aliphatic rings. The minimum Gasteiger partial charge on any atom is -0.497 e. The Kier molecular flexibility index (Phi) is 4.31. The van der Waals surface area contributed by atoms with E-state index in [2.05, 4.69) is 10.1 Å². The number of halogens is 2. The van der Waals surface area contributed by atoms with Gasteiger partial charge in [-0.2, -0.15) is 4.98 Å². The van der Waals surface area contributed by atoms with Crippen LogP contribution in [0.5, 0.6) is 5.75 Å². The van der Waals surface area contributed by atoms with Crippen molar-refractivity contribution in [1.29, 1.82) is 0 Å². The van der Waals surface area contributed by atoms with E-state index in [1.54, 1.807) is 25.3 Å². The summed E-state index contributed by atoms with van der Waals surface area (Å²) in [5.41, 5.74) is 0.622. The fourth-order valence-corrected chi connectivity index (χ4v) is 3.08. The zero-order valence-electron chi connectivity index (χ0n) is 14.4. The van der Waals surface area contributed by atoms with E-state index in [-0.39, 0.29) is 30.5 Å². The quantitative estimate of drug-likeness (QED) is 0.702. The molecule has 0 saturated carbocycles. The normalized spacial score (nSPS) is 16.8. The standard InChI is InChI=1S/C19H15F2N3O3/c1-26-14-4-2-3-11(7-14)18-22-19(27-23-18)12-8-17(25)24(10-12)16-9-13(20)5-6-15(16)21/h2-7,9,12H,8,10H2,1H3. The molecule has 3 aromatic rings. The highest BCUT2D eigenvalue weighted by Gasteiger charge is 2.36. The molecule has 27 heavy (non-hydrogen) atoms. The van der Waals surface area contributed by atoms with Gasteiger partial charge in [0.2, 0.25) is 17.6 Å². The first-order chi connectivity index (χ1) is 13.0. The van der Waals surface area contributed by atoms with Gasteiger partial charge in [0.1, 0.15) is 17.4 Å². The summed E-state index contributed by atoms with van der Waals surface area (Å²) < 4.78 is 37.9. The Morgan fingerprint density at radius 2 is 2.07 bits per heavy atom. The first kappa shape index (κ1) is 17.1. The second kappa shape index (κ2) is 6.79. The lowest BCUT2D eigenvalue weighted by Gasteiger charge is -2.16. The van der Waals surface area contributed by atoms with Crippen molar-refractivity contribution < 1.29 is 22.8 Å². The number of aromatic nitrogens is 2. The van der Waals surface area contributed by atoms with Crippen LogP contribution in [0.15, 0.2) is 47.0 Å². The topological polar surface area (TPSA) is 68.5 Å². The van der Waals surface area contributed by atoms with Crippen molar-refractivity contribution in [2.75, 3.05) is 18.6 Å². The number of carbonyl (C=O) groups is 1. The maximum Gasteiger partial charge on any atom is 0.232 e. The number of amides is 1. The SMILES string of the molecule is COc1cccc(-c2noc(C3CC(=O)N(c4cc(F)ccc4F)C3)n2)c1. The summed E-state index contributed by atoms with van der Waals surface area (Å²) in [6.45, 7) is 0.138. The average Bonchev–Trinajstić information content (AvgIpc) is 3.31. The van der Waals surface area contributed by atoms with E-state index in [4.69, 9.17) is 9.26 Å². The monoisotopic (exact) mass is 371 g/mol. The lowest BCUT2D eigenvalue weighted by molar-refractivity contribution is -0.117. The van der Waals surface area contributed by atoms with Crippen molar-refractivity contribution in [1.82, 2.24) is 10.1 Å². The summed E-state index contributed by atoms with van der Waals surface area (Å²) in [6, 6.07) is 10.2. The summed E-state index contributed by atoms with van der Waals surface area (Å²) in [4.78, 5) is 17.9. The van der Waals surface area contributed by atoms with Gasteiger partial charge in [0.15, 0.2) is 0 Å². The van der Waals surface area contributed by atoms with Gasteiger partial charge in [-0.05, 0) is 24.3 Å². The molecule has 8 heteroatoms. The van der Waals surface area contributed by atoms with Crippen LogP contribution >= 0.6 is 0 Å². The molecule has 1 aromatic heterocycles. The van der Waals surface area contributed by atoms with Gasteiger partial charge in [-0.25, -0.2) is 8.78 Å². The molecule has 1 aliphatic heterocycles. The van der Waals surface area contributed by atoms with Gasteiger partial charge in [0.25, 0.3) is 0 Å². The highest BCUT2D eigenvalue weighted by atomic mass is 19.1. The van der Waals surface area contributed by atoms with Crippen molar-refractivity contribution in [3.05, 3.63) is 60.0 Å². The molecule has 1 fully saturated rings. The fourth-order valence-electron chi connectivity index (χ4n) is 3.08. The molecule has 4 rings (SSSR count). The molecule has 0 N–H and O–H groups in total. The van der Waals surface area contributed by atoms with Crippen molar-refractivity contribution in [2.45, 2.75) is 12.3 Å². The number of rotatable bonds is 4. The molecule has 6 nitrogen and oxygen atoms in total. The lowest BCUT2D eigenvalue weighted by Crippen LogP contribution is -2.25. The molecule has 1 atom stereocenters. The Balaban J connectivity index is 1.58. The van der Waals surface area contributed by atoms with E-state index in [0.29, 0.717) is 17.1 Å². The smallest absolute Gasteiger partial charge is 0.232 e. The molecular formula is C19H15F2N3O3. The molecule has 2 aromatic carbocycles. The second-order valence-electron chi connectivity index (χ2n) is 6.19. The van der Waals surface area contributed by atoms with Crippen LogP contribution in [-0.4, -0.2) is 29.7 Å².